The van der Waals surface area contributed by atoms with Gasteiger partial charge in [-0.3, -0.25) is 4.79 Å². The zero-order valence-electron chi connectivity index (χ0n) is 7.57. The maximum absolute atomic E-state index is 10.3. The van der Waals surface area contributed by atoms with Crippen molar-refractivity contribution in [3.63, 3.8) is 0 Å². The van der Waals surface area contributed by atoms with Gasteiger partial charge >= 0.3 is 5.97 Å². The zero-order chi connectivity index (χ0) is 9.56. The Kier molecular flexibility index (Phi) is 4.84. The van der Waals surface area contributed by atoms with Gasteiger partial charge in [0.05, 0.1) is 6.26 Å². The molecule has 0 aliphatic heterocycles. The molecule has 3 heteroatoms. The van der Waals surface area contributed by atoms with Crippen LogP contribution >= 0.6 is 0 Å². The summed E-state index contributed by atoms with van der Waals surface area (Å²) < 4.78 is 4.88. The monoisotopic (exact) mass is 170 g/mol. The lowest BCUT2D eigenvalue weighted by Crippen LogP contribution is -2.05. The normalized spacial score (nSPS) is 11.2. The van der Waals surface area contributed by atoms with E-state index in [2.05, 4.69) is 0 Å². The van der Waals surface area contributed by atoms with Gasteiger partial charge in [-0.2, -0.15) is 0 Å². The molecule has 1 rings (SSSR count). The number of carboxylic acid groups (broad SMARTS) is 1. The van der Waals surface area contributed by atoms with Crippen LogP contribution in [-0.2, 0) is 4.79 Å². The second kappa shape index (κ2) is 5.41. The molecule has 0 spiro atoms. The van der Waals surface area contributed by atoms with Gasteiger partial charge in [0.2, 0.25) is 0 Å². The third-order valence-electron chi connectivity index (χ3n) is 1.34. The fraction of sp³-hybridized carbons (Fsp3) is 0.444. The van der Waals surface area contributed by atoms with Crippen molar-refractivity contribution >= 4 is 5.97 Å². The Morgan fingerprint density at radius 3 is 2.50 bits per heavy atom. The molecule has 68 valence electrons. The molecule has 3 nitrogen and oxygen atoms in total. The van der Waals surface area contributed by atoms with Gasteiger partial charge in [0, 0.05) is 0 Å². The predicted octanol–water partition coefficient (Wildman–Crippen LogP) is 2.49. The second-order valence-corrected chi connectivity index (χ2v) is 2.08. The molecule has 1 unspecified atom stereocenters. The van der Waals surface area contributed by atoms with Crippen LogP contribution in [0.1, 0.15) is 32.4 Å². The Hall–Kier alpha value is -1.25. The minimum Gasteiger partial charge on any atom is -0.481 e. The average molecular weight is 170 g/mol. The Bertz CT molecular complexity index is 214. The molecule has 1 N–H and O–H groups in total. The van der Waals surface area contributed by atoms with Gasteiger partial charge in [0.15, 0.2) is 0 Å². The fourth-order valence-electron chi connectivity index (χ4n) is 0.659. The number of hydrogen-bond acceptors (Lipinski definition) is 2. The first-order chi connectivity index (χ1) is 5.72. The number of rotatable bonds is 2. The van der Waals surface area contributed by atoms with Crippen LogP contribution in [-0.4, -0.2) is 11.1 Å². The van der Waals surface area contributed by atoms with Gasteiger partial charge in [0.1, 0.15) is 11.7 Å². The van der Waals surface area contributed by atoms with Crippen molar-refractivity contribution in [2.45, 2.75) is 26.7 Å². The van der Waals surface area contributed by atoms with Crippen molar-refractivity contribution in [2.24, 2.45) is 0 Å². The minimum atomic E-state index is -0.866. The third kappa shape index (κ3) is 2.78. The topological polar surface area (TPSA) is 50.4 Å². The van der Waals surface area contributed by atoms with E-state index in [4.69, 9.17) is 9.52 Å². The highest BCUT2D eigenvalue weighted by Gasteiger charge is 2.15. The van der Waals surface area contributed by atoms with Crippen LogP contribution in [0.2, 0.25) is 0 Å². The van der Waals surface area contributed by atoms with E-state index in [0.717, 1.165) is 0 Å². The largest absolute Gasteiger partial charge is 0.481 e. The smallest absolute Gasteiger partial charge is 0.313 e. The van der Waals surface area contributed by atoms with Gasteiger partial charge in [-0.1, -0.05) is 13.8 Å². The maximum Gasteiger partial charge on any atom is 0.313 e. The molecule has 0 fully saturated rings. The Morgan fingerprint density at radius 2 is 2.17 bits per heavy atom. The van der Waals surface area contributed by atoms with E-state index in [1.807, 2.05) is 13.8 Å². The molecule has 0 radical (unpaired) electrons. The molecular formula is C9H14O3. The first-order valence-corrected chi connectivity index (χ1v) is 3.98. The van der Waals surface area contributed by atoms with Crippen LogP contribution in [0.3, 0.4) is 0 Å². The third-order valence-corrected chi connectivity index (χ3v) is 1.34. The molecule has 0 bridgehead atoms. The Balaban J connectivity index is 0.000000561. The molecule has 1 aromatic rings. The molecule has 0 aromatic carbocycles. The summed E-state index contributed by atoms with van der Waals surface area (Å²) in [5.41, 5.74) is 0. The van der Waals surface area contributed by atoms with Gasteiger partial charge < -0.3 is 9.52 Å². The molecular weight excluding hydrogens is 156 g/mol. The molecule has 1 aromatic heterocycles. The highest BCUT2D eigenvalue weighted by Crippen LogP contribution is 2.14. The number of aliphatic carboxylic acids is 1. The summed E-state index contributed by atoms with van der Waals surface area (Å²) in [5, 5.41) is 8.49. The predicted molar refractivity (Wildman–Crippen MR) is 46.1 cm³/mol. The number of furan rings is 1. The number of carbonyl (C=O) groups is 1. The summed E-state index contributed by atoms with van der Waals surface area (Å²) in [6.07, 6.45) is 1.47. The van der Waals surface area contributed by atoms with Gasteiger partial charge in [0.25, 0.3) is 0 Å². The quantitative estimate of drug-likeness (QED) is 0.741. The van der Waals surface area contributed by atoms with Crippen molar-refractivity contribution in [1.29, 1.82) is 0 Å². The van der Waals surface area contributed by atoms with E-state index >= 15 is 0 Å². The molecule has 0 saturated carbocycles. The fourth-order valence-corrected chi connectivity index (χ4v) is 0.659. The summed E-state index contributed by atoms with van der Waals surface area (Å²) in [6.45, 7) is 5.58. The minimum absolute atomic E-state index is 0.493. The molecule has 1 atom stereocenters. The van der Waals surface area contributed by atoms with Gasteiger partial charge in [-0.25, -0.2) is 0 Å². The molecule has 0 saturated heterocycles. The molecule has 12 heavy (non-hydrogen) atoms. The first-order valence-electron chi connectivity index (χ1n) is 3.98. The summed E-state index contributed by atoms with van der Waals surface area (Å²) >= 11 is 0. The maximum atomic E-state index is 10.3. The number of carboxylic acids is 1. The summed E-state index contributed by atoms with van der Waals surface area (Å²) in [5.74, 6) is -0.919. The van der Waals surface area contributed by atoms with Gasteiger partial charge in [-0.15, -0.1) is 0 Å². The van der Waals surface area contributed by atoms with Crippen molar-refractivity contribution in [2.75, 3.05) is 0 Å². The van der Waals surface area contributed by atoms with Crippen molar-refractivity contribution in [3.8, 4) is 0 Å². The van der Waals surface area contributed by atoms with Crippen LogP contribution in [0, 0.1) is 0 Å². The van der Waals surface area contributed by atoms with Crippen LogP contribution in [0.15, 0.2) is 22.8 Å². The van der Waals surface area contributed by atoms with Crippen molar-refractivity contribution in [1.82, 2.24) is 0 Å². The first kappa shape index (κ1) is 10.8. The van der Waals surface area contributed by atoms with E-state index in [-0.39, 0.29) is 0 Å². The van der Waals surface area contributed by atoms with Crippen molar-refractivity contribution in [3.05, 3.63) is 24.2 Å². The lowest BCUT2D eigenvalue weighted by atomic mass is 10.1. The summed E-state index contributed by atoms with van der Waals surface area (Å²) in [7, 11) is 0. The van der Waals surface area contributed by atoms with E-state index < -0.39 is 11.9 Å². The highest BCUT2D eigenvalue weighted by atomic mass is 16.4. The van der Waals surface area contributed by atoms with Crippen molar-refractivity contribution < 1.29 is 14.3 Å². The summed E-state index contributed by atoms with van der Waals surface area (Å²) in [6, 6.07) is 3.33. The van der Waals surface area contributed by atoms with E-state index in [1.54, 1.807) is 19.1 Å². The Labute approximate surface area is 72.0 Å². The van der Waals surface area contributed by atoms with Crippen LogP contribution in [0.25, 0.3) is 0 Å². The summed E-state index contributed by atoms with van der Waals surface area (Å²) in [4.78, 5) is 10.3. The van der Waals surface area contributed by atoms with Crippen LogP contribution in [0.5, 0.6) is 0 Å². The lowest BCUT2D eigenvalue weighted by molar-refractivity contribution is -0.138. The van der Waals surface area contributed by atoms with E-state index in [9.17, 15) is 4.79 Å². The SMILES string of the molecule is CC.CC(C(=O)O)c1ccco1. The zero-order valence-corrected chi connectivity index (χ0v) is 7.57. The second-order valence-electron chi connectivity index (χ2n) is 2.08. The lowest BCUT2D eigenvalue weighted by Gasteiger charge is -1.98. The Morgan fingerprint density at radius 1 is 1.58 bits per heavy atom. The average Bonchev–Trinajstić information content (AvgIpc) is 2.58. The van der Waals surface area contributed by atoms with Crippen LogP contribution < -0.4 is 0 Å². The molecule has 0 amide bonds. The van der Waals surface area contributed by atoms with Crippen LogP contribution in [0.4, 0.5) is 0 Å². The van der Waals surface area contributed by atoms with E-state index in [0.29, 0.717) is 5.76 Å². The standard InChI is InChI=1S/C7H8O3.C2H6/c1-5(7(8)9)6-3-2-4-10-6;1-2/h2-5H,1H3,(H,8,9);1-2H3. The molecule has 0 aliphatic carbocycles. The number of hydrogen-bond donors (Lipinski definition) is 1. The molecule has 0 aliphatic rings. The highest BCUT2D eigenvalue weighted by molar-refractivity contribution is 5.74. The molecule has 1 heterocycles. The van der Waals surface area contributed by atoms with Gasteiger partial charge in [-0.05, 0) is 19.1 Å². The van der Waals surface area contributed by atoms with E-state index in [1.165, 1.54) is 6.26 Å².